The van der Waals surface area contributed by atoms with Gasteiger partial charge >= 0.3 is 0 Å². The van der Waals surface area contributed by atoms with Gasteiger partial charge in [0.25, 0.3) is 0 Å². The van der Waals surface area contributed by atoms with E-state index in [4.69, 9.17) is 11.6 Å². The van der Waals surface area contributed by atoms with Crippen molar-refractivity contribution >= 4 is 41.5 Å². The van der Waals surface area contributed by atoms with Crippen LogP contribution in [0.15, 0.2) is 29.3 Å². The van der Waals surface area contributed by atoms with Gasteiger partial charge in [-0.05, 0) is 30.9 Å². The van der Waals surface area contributed by atoms with Gasteiger partial charge in [0.2, 0.25) is 0 Å². The predicted molar refractivity (Wildman–Crippen MR) is 99.4 cm³/mol. The fraction of sp³-hybridized carbons (Fsp3) is 0.533. The molecular formula is C15H25ClIN3. The highest BCUT2D eigenvalue weighted by molar-refractivity contribution is 14.0. The Morgan fingerprint density at radius 1 is 1.25 bits per heavy atom. The van der Waals surface area contributed by atoms with Crippen LogP contribution in [-0.4, -0.2) is 25.6 Å². The lowest BCUT2D eigenvalue weighted by molar-refractivity contribution is 0.481. The number of rotatable bonds is 5. The van der Waals surface area contributed by atoms with Gasteiger partial charge in [0, 0.05) is 24.7 Å². The van der Waals surface area contributed by atoms with Crippen molar-refractivity contribution in [1.29, 1.82) is 0 Å². The summed E-state index contributed by atoms with van der Waals surface area (Å²) in [5.41, 5.74) is 1.16. The van der Waals surface area contributed by atoms with Gasteiger partial charge in [-0.15, -0.1) is 24.0 Å². The molecule has 20 heavy (non-hydrogen) atoms. The largest absolute Gasteiger partial charge is 0.356 e. The van der Waals surface area contributed by atoms with Crippen LogP contribution in [0.4, 0.5) is 0 Å². The molecule has 1 atom stereocenters. The molecule has 1 aromatic carbocycles. The SMILES string of the molecule is CN=C(NCCc1ccccc1Cl)NC(C)C(C)C.I. The average molecular weight is 410 g/mol. The van der Waals surface area contributed by atoms with Crippen LogP contribution in [0.5, 0.6) is 0 Å². The van der Waals surface area contributed by atoms with Crippen molar-refractivity contribution in [2.75, 3.05) is 13.6 Å². The molecule has 0 saturated carbocycles. The standard InChI is InChI=1S/C15H24ClN3.HI/c1-11(2)12(3)19-15(17-4)18-10-9-13-7-5-6-8-14(13)16;/h5-8,11-12H,9-10H2,1-4H3,(H2,17,18,19);1H. The topological polar surface area (TPSA) is 36.4 Å². The lowest BCUT2D eigenvalue weighted by Gasteiger charge is -2.20. The number of nitrogens with one attached hydrogen (secondary N) is 2. The maximum absolute atomic E-state index is 6.13. The Morgan fingerprint density at radius 3 is 2.45 bits per heavy atom. The molecule has 0 radical (unpaired) electrons. The molecule has 114 valence electrons. The molecule has 0 aromatic heterocycles. The fourth-order valence-corrected chi connectivity index (χ4v) is 1.82. The Hall–Kier alpha value is -0.490. The molecule has 0 amide bonds. The molecule has 0 fully saturated rings. The molecule has 0 aliphatic carbocycles. The Morgan fingerprint density at radius 2 is 1.90 bits per heavy atom. The number of guanidine groups is 1. The summed E-state index contributed by atoms with van der Waals surface area (Å²) in [4.78, 5) is 4.23. The smallest absolute Gasteiger partial charge is 0.191 e. The Bertz CT molecular complexity index is 421. The summed E-state index contributed by atoms with van der Waals surface area (Å²) >= 11 is 6.13. The third-order valence-corrected chi connectivity index (χ3v) is 3.60. The van der Waals surface area contributed by atoms with E-state index in [0.717, 1.165) is 29.5 Å². The van der Waals surface area contributed by atoms with E-state index < -0.39 is 0 Å². The van der Waals surface area contributed by atoms with Gasteiger partial charge in [0.1, 0.15) is 0 Å². The van der Waals surface area contributed by atoms with Crippen molar-refractivity contribution in [3.8, 4) is 0 Å². The highest BCUT2D eigenvalue weighted by Crippen LogP contribution is 2.14. The zero-order chi connectivity index (χ0) is 14.3. The zero-order valence-electron chi connectivity index (χ0n) is 12.6. The maximum Gasteiger partial charge on any atom is 0.191 e. The lowest BCUT2D eigenvalue weighted by atomic mass is 10.1. The van der Waals surface area contributed by atoms with Gasteiger partial charge < -0.3 is 10.6 Å². The quantitative estimate of drug-likeness (QED) is 0.442. The highest BCUT2D eigenvalue weighted by atomic mass is 127. The lowest BCUT2D eigenvalue weighted by Crippen LogP contribution is -2.44. The van der Waals surface area contributed by atoms with E-state index >= 15 is 0 Å². The minimum atomic E-state index is 0. The van der Waals surface area contributed by atoms with Crippen molar-refractivity contribution in [1.82, 2.24) is 10.6 Å². The molecule has 0 aliphatic heterocycles. The number of aliphatic imine (C=N–C) groups is 1. The molecule has 1 rings (SSSR count). The Balaban J connectivity index is 0.00000361. The zero-order valence-corrected chi connectivity index (χ0v) is 15.7. The summed E-state index contributed by atoms with van der Waals surface area (Å²) in [6.45, 7) is 7.35. The van der Waals surface area contributed by atoms with Crippen molar-refractivity contribution < 1.29 is 0 Å². The minimum absolute atomic E-state index is 0. The molecule has 0 saturated heterocycles. The first-order valence-corrected chi connectivity index (χ1v) is 7.13. The van der Waals surface area contributed by atoms with E-state index in [1.54, 1.807) is 7.05 Å². The van der Waals surface area contributed by atoms with Crippen LogP contribution < -0.4 is 10.6 Å². The molecule has 2 N–H and O–H groups in total. The number of benzene rings is 1. The third-order valence-electron chi connectivity index (χ3n) is 3.23. The van der Waals surface area contributed by atoms with Gasteiger partial charge in [-0.3, -0.25) is 4.99 Å². The highest BCUT2D eigenvalue weighted by Gasteiger charge is 2.08. The predicted octanol–water partition coefficient (Wildman–Crippen LogP) is 3.71. The van der Waals surface area contributed by atoms with Gasteiger partial charge in [-0.25, -0.2) is 0 Å². The summed E-state index contributed by atoms with van der Waals surface area (Å²) in [5.74, 6) is 1.41. The van der Waals surface area contributed by atoms with Gasteiger partial charge in [-0.1, -0.05) is 43.6 Å². The number of nitrogens with zero attached hydrogens (tertiary/aromatic N) is 1. The van der Waals surface area contributed by atoms with Crippen LogP contribution in [0, 0.1) is 5.92 Å². The van der Waals surface area contributed by atoms with Crippen LogP contribution in [0.3, 0.4) is 0 Å². The van der Waals surface area contributed by atoms with Crippen molar-refractivity contribution in [2.24, 2.45) is 10.9 Å². The summed E-state index contributed by atoms with van der Waals surface area (Å²) in [7, 11) is 1.79. The average Bonchev–Trinajstić information content (AvgIpc) is 2.39. The van der Waals surface area contributed by atoms with E-state index in [2.05, 4.69) is 42.5 Å². The van der Waals surface area contributed by atoms with Crippen LogP contribution in [0.1, 0.15) is 26.3 Å². The summed E-state index contributed by atoms with van der Waals surface area (Å²) in [5, 5.41) is 7.51. The van der Waals surface area contributed by atoms with Crippen LogP contribution in [0.2, 0.25) is 5.02 Å². The molecule has 0 aliphatic rings. The van der Waals surface area contributed by atoms with Crippen molar-refractivity contribution in [2.45, 2.75) is 33.2 Å². The first-order chi connectivity index (χ1) is 9.04. The Labute approximate surface area is 144 Å². The second-order valence-corrected chi connectivity index (χ2v) is 5.42. The normalized spacial score (nSPS) is 12.8. The maximum atomic E-state index is 6.13. The van der Waals surface area contributed by atoms with E-state index in [1.165, 1.54) is 0 Å². The molecule has 1 aromatic rings. The molecule has 1 unspecified atom stereocenters. The van der Waals surface area contributed by atoms with Crippen molar-refractivity contribution in [3.05, 3.63) is 34.9 Å². The van der Waals surface area contributed by atoms with Gasteiger partial charge in [0.05, 0.1) is 0 Å². The molecule has 5 heteroatoms. The van der Waals surface area contributed by atoms with Gasteiger partial charge in [-0.2, -0.15) is 0 Å². The van der Waals surface area contributed by atoms with E-state index in [9.17, 15) is 0 Å². The van der Waals surface area contributed by atoms with Crippen molar-refractivity contribution in [3.63, 3.8) is 0 Å². The molecule has 0 spiro atoms. The molecular weight excluding hydrogens is 385 g/mol. The minimum Gasteiger partial charge on any atom is -0.356 e. The second-order valence-electron chi connectivity index (χ2n) is 5.02. The number of hydrogen-bond donors (Lipinski definition) is 2. The monoisotopic (exact) mass is 409 g/mol. The molecule has 0 heterocycles. The second kappa shape index (κ2) is 10.3. The number of halogens is 2. The van der Waals surface area contributed by atoms with Gasteiger partial charge in [0.15, 0.2) is 5.96 Å². The van der Waals surface area contributed by atoms with E-state index in [1.807, 2.05) is 18.2 Å². The summed E-state index contributed by atoms with van der Waals surface area (Å²) in [6.07, 6.45) is 0.885. The van der Waals surface area contributed by atoms with E-state index in [0.29, 0.717) is 12.0 Å². The third kappa shape index (κ3) is 6.79. The number of hydrogen-bond acceptors (Lipinski definition) is 1. The first kappa shape index (κ1) is 19.5. The van der Waals surface area contributed by atoms with Crippen LogP contribution in [0.25, 0.3) is 0 Å². The van der Waals surface area contributed by atoms with Crippen LogP contribution >= 0.6 is 35.6 Å². The van der Waals surface area contributed by atoms with Crippen LogP contribution in [-0.2, 0) is 6.42 Å². The Kier molecular flexibility index (Phi) is 10.0. The molecule has 0 bridgehead atoms. The molecule has 3 nitrogen and oxygen atoms in total. The first-order valence-electron chi connectivity index (χ1n) is 6.75. The summed E-state index contributed by atoms with van der Waals surface area (Å²) in [6, 6.07) is 8.33. The summed E-state index contributed by atoms with van der Waals surface area (Å²) < 4.78 is 0. The fourth-order valence-electron chi connectivity index (χ4n) is 1.59. The van der Waals surface area contributed by atoms with E-state index in [-0.39, 0.29) is 24.0 Å².